The lowest BCUT2D eigenvalue weighted by atomic mass is 10.1. The maximum Gasteiger partial charge on any atom is 0.280 e. The van der Waals surface area contributed by atoms with Crippen molar-refractivity contribution in [2.45, 2.75) is 0 Å². The van der Waals surface area contributed by atoms with E-state index < -0.39 is 17.3 Å². The fourth-order valence-corrected chi connectivity index (χ4v) is 1.14. The molecule has 0 bridgehead atoms. The highest BCUT2D eigenvalue weighted by Crippen LogP contribution is 2.07. The summed E-state index contributed by atoms with van der Waals surface area (Å²) in [6, 6.07) is 5.54. The van der Waals surface area contributed by atoms with Crippen LogP contribution in [0.2, 0.25) is 0 Å². The second-order valence-corrected chi connectivity index (χ2v) is 2.94. The molecule has 0 unspecified atom stereocenters. The van der Waals surface area contributed by atoms with Gasteiger partial charge in [-0.15, -0.1) is 0 Å². The number of carbonyl (C=O) groups excluding carboxylic acids is 3. The van der Waals surface area contributed by atoms with Gasteiger partial charge in [-0.3, -0.25) is 14.4 Å². The van der Waals surface area contributed by atoms with E-state index in [9.17, 15) is 14.4 Å². The second-order valence-electron chi connectivity index (χ2n) is 2.94. The summed E-state index contributed by atoms with van der Waals surface area (Å²) in [7, 11) is 0. The summed E-state index contributed by atoms with van der Waals surface area (Å²) in [6.45, 7) is 0. The summed E-state index contributed by atoms with van der Waals surface area (Å²) in [4.78, 5) is 34.3. The van der Waals surface area contributed by atoms with E-state index in [1.807, 2.05) is 0 Å². The van der Waals surface area contributed by atoms with E-state index in [4.69, 9.17) is 8.83 Å². The zero-order valence-electron chi connectivity index (χ0n) is 8.01. The molecule has 0 aliphatic heterocycles. The molecular formula is C11H6O5. The van der Waals surface area contributed by atoms with Gasteiger partial charge in [0.2, 0.25) is 0 Å². The molecule has 80 valence electrons. The van der Waals surface area contributed by atoms with Gasteiger partial charge >= 0.3 is 0 Å². The normalized spacial score (nSPS) is 10.0. The maximum atomic E-state index is 11.4. The van der Waals surface area contributed by atoms with Crippen molar-refractivity contribution in [3.05, 3.63) is 48.3 Å². The minimum atomic E-state index is -1.18. The second kappa shape index (κ2) is 3.98. The van der Waals surface area contributed by atoms with Crippen LogP contribution < -0.4 is 0 Å². The molecule has 2 aromatic rings. The van der Waals surface area contributed by atoms with Gasteiger partial charge < -0.3 is 8.83 Å². The number of rotatable bonds is 4. The summed E-state index contributed by atoms with van der Waals surface area (Å²) in [5.41, 5.74) is 0. The van der Waals surface area contributed by atoms with Crippen molar-refractivity contribution in [2.75, 3.05) is 0 Å². The highest BCUT2D eigenvalue weighted by molar-refractivity contribution is 6.69. The molecule has 2 rings (SSSR count). The van der Waals surface area contributed by atoms with Crippen LogP contribution >= 0.6 is 0 Å². The van der Waals surface area contributed by atoms with Crippen molar-refractivity contribution in [1.82, 2.24) is 0 Å². The lowest BCUT2D eigenvalue weighted by Crippen LogP contribution is -2.23. The van der Waals surface area contributed by atoms with Crippen LogP contribution in [0.4, 0.5) is 0 Å². The Balaban J connectivity index is 2.21. The number of Topliss-reactive ketones (excluding diaryl/α,β-unsaturated/α-hetero) is 3. The van der Waals surface area contributed by atoms with E-state index >= 15 is 0 Å². The first-order chi connectivity index (χ1) is 7.70. The minimum Gasteiger partial charge on any atom is -0.461 e. The third-order valence-electron chi connectivity index (χ3n) is 1.90. The molecule has 0 radical (unpaired) electrons. The molecule has 0 saturated carbocycles. The average molecular weight is 218 g/mol. The third-order valence-corrected chi connectivity index (χ3v) is 1.90. The Hall–Kier alpha value is -2.43. The lowest BCUT2D eigenvalue weighted by molar-refractivity contribution is -0.111. The van der Waals surface area contributed by atoms with Crippen molar-refractivity contribution >= 4 is 17.3 Å². The fraction of sp³-hybridized carbons (Fsp3) is 0. The van der Waals surface area contributed by atoms with Crippen LogP contribution in [0.15, 0.2) is 45.6 Å². The molecule has 5 heteroatoms. The highest BCUT2D eigenvalue weighted by atomic mass is 16.3. The molecule has 16 heavy (non-hydrogen) atoms. The topological polar surface area (TPSA) is 77.5 Å². The number of hydrogen-bond acceptors (Lipinski definition) is 5. The van der Waals surface area contributed by atoms with E-state index in [-0.39, 0.29) is 11.5 Å². The number of ketones is 3. The molecule has 0 N–H and O–H groups in total. The van der Waals surface area contributed by atoms with E-state index in [2.05, 4.69) is 0 Å². The van der Waals surface area contributed by atoms with Crippen LogP contribution in [0, 0.1) is 0 Å². The maximum absolute atomic E-state index is 11.4. The van der Waals surface area contributed by atoms with E-state index in [0.29, 0.717) is 0 Å². The molecule has 0 aliphatic carbocycles. The van der Waals surface area contributed by atoms with E-state index in [1.54, 1.807) is 0 Å². The molecule has 0 spiro atoms. The van der Waals surface area contributed by atoms with Crippen LogP contribution in [0.5, 0.6) is 0 Å². The zero-order valence-corrected chi connectivity index (χ0v) is 8.01. The molecule has 0 saturated heterocycles. The summed E-state index contributed by atoms with van der Waals surface area (Å²) in [5.74, 6) is -3.46. The molecule has 0 amide bonds. The first kappa shape index (κ1) is 10.1. The molecule has 2 aromatic heterocycles. The van der Waals surface area contributed by atoms with Crippen LogP contribution in [0.1, 0.15) is 21.1 Å². The third kappa shape index (κ3) is 1.70. The molecule has 0 atom stereocenters. The van der Waals surface area contributed by atoms with Crippen LogP contribution in [-0.4, -0.2) is 17.3 Å². The van der Waals surface area contributed by atoms with Gasteiger partial charge in [-0.05, 0) is 24.3 Å². The zero-order chi connectivity index (χ0) is 11.5. The number of furan rings is 2. The number of carbonyl (C=O) groups is 3. The molecule has 5 nitrogen and oxygen atoms in total. The van der Waals surface area contributed by atoms with Gasteiger partial charge in [0.05, 0.1) is 12.5 Å². The standard InChI is InChI=1S/C11H6O5/c12-9(7-3-1-5-15-7)11(14)10(13)8-4-2-6-16-8/h1-6H. The summed E-state index contributed by atoms with van der Waals surface area (Å²) >= 11 is 0. The van der Waals surface area contributed by atoms with Gasteiger partial charge in [-0.25, -0.2) is 0 Å². The Morgan fingerprint density at radius 3 is 1.56 bits per heavy atom. The molecule has 0 aromatic carbocycles. The predicted octanol–water partition coefficient (Wildman–Crippen LogP) is 1.51. The number of hydrogen-bond donors (Lipinski definition) is 0. The first-order valence-corrected chi connectivity index (χ1v) is 4.40. The largest absolute Gasteiger partial charge is 0.461 e. The van der Waals surface area contributed by atoms with Crippen molar-refractivity contribution in [3.63, 3.8) is 0 Å². The molecule has 0 fully saturated rings. The monoisotopic (exact) mass is 218 g/mol. The SMILES string of the molecule is O=C(C(=O)c1ccco1)C(=O)c1ccco1. The lowest BCUT2D eigenvalue weighted by Gasteiger charge is -1.93. The van der Waals surface area contributed by atoms with Gasteiger partial charge in [0.25, 0.3) is 17.3 Å². The Morgan fingerprint density at radius 1 is 0.812 bits per heavy atom. The summed E-state index contributed by atoms with van der Waals surface area (Å²) < 4.78 is 9.46. The van der Waals surface area contributed by atoms with Crippen LogP contribution in [0.25, 0.3) is 0 Å². The molecular weight excluding hydrogens is 212 g/mol. The van der Waals surface area contributed by atoms with Gasteiger partial charge in [0, 0.05) is 0 Å². The van der Waals surface area contributed by atoms with Gasteiger partial charge in [0.15, 0.2) is 11.5 Å². The average Bonchev–Trinajstić information content (AvgIpc) is 2.97. The summed E-state index contributed by atoms with van der Waals surface area (Å²) in [6.07, 6.45) is 2.50. The van der Waals surface area contributed by atoms with E-state index in [0.717, 1.165) is 0 Å². The van der Waals surface area contributed by atoms with Crippen molar-refractivity contribution in [3.8, 4) is 0 Å². The minimum absolute atomic E-state index is 0.162. The predicted molar refractivity (Wildman–Crippen MR) is 51.1 cm³/mol. The Kier molecular flexibility index (Phi) is 2.51. The van der Waals surface area contributed by atoms with Gasteiger partial charge in [-0.1, -0.05) is 0 Å². The van der Waals surface area contributed by atoms with Gasteiger partial charge in [-0.2, -0.15) is 0 Å². The molecule has 0 aliphatic rings. The van der Waals surface area contributed by atoms with E-state index in [1.165, 1.54) is 36.8 Å². The van der Waals surface area contributed by atoms with Crippen molar-refractivity contribution in [1.29, 1.82) is 0 Å². The van der Waals surface area contributed by atoms with Crippen molar-refractivity contribution < 1.29 is 23.2 Å². The Morgan fingerprint density at radius 2 is 1.25 bits per heavy atom. The van der Waals surface area contributed by atoms with Crippen molar-refractivity contribution in [2.24, 2.45) is 0 Å². The highest BCUT2D eigenvalue weighted by Gasteiger charge is 2.28. The van der Waals surface area contributed by atoms with Crippen LogP contribution in [-0.2, 0) is 4.79 Å². The molecule has 2 heterocycles. The Labute approximate surface area is 89.7 Å². The van der Waals surface area contributed by atoms with Gasteiger partial charge in [0.1, 0.15) is 0 Å². The fourth-order valence-electron chi connectivity index (χ4n) is 1.14. The first-order valence-electron chi connectivity index (χ1n) is 4.40. The quantitative estimate of drug-likeness (QED) is 0.441. The smallest absolute Gasteiger partial charge is 0.280 e. The van der Waals surface area contributed by atoms with Crippen LogP contribution in [0.3, 0.4) is 0 Å². The summed E-state index contributed by atoms with van der Waals surface area (Å²) in [5, 5.41) is 0. The Bertz CT molecular complexity index is 470.